The van der Waals surface area contributed by atoms with Gasteiger partial charge in [-0.3, -0.25) is 15.0 Å². The number of amides is 1. The van der Waals surface area contributed by atoms with E-state index in [2.05, 4.69) is 10.0 Å². The van der Waals surface area contributed by atoms with Crippen LogP contribution in [-0.4, -0.2) is 37.3 Å². The fourth-order valence-corrected chi connectivity index (χ4v) is 4.85. The Hall–Kier alpha value is -3.24. The van der Waals surface area contributed by atoms with Gasteiger partial charge in [0.05, 0.1) is 4.90 Å². The van der Waals surface area contributed by atoms with Crippen molar-refractivity contribution in [3.8, 4) is 0 Å². The van der Waals surface area contributed by atoms with Gasteiger partial charge in [0.25, 0.3) is 0 Å². The van der Waals surface area contributed by atoms with Gasteiger partial charge in [0.2, 0.25) is 15.9 Å². The minimum absolute atomic E-state index is 0.0220. The number of aliphatic carboxylic acids is 1. The Bertz CT molecular complexity index is 1110. The normalized spacial score (nSPS) is 12.2. The molecular formula is C23H30N4O5S. The number of rotatable bonds is 12. The van der Waals surface area contributed by atoms with Crippen molar-refractivity contribution in [1.29, 1.82) is 5.41 Å². The van der Waals surface area contributed by atoms with E-state index < -0.39 is 22.0 Å². The first-order valence-electron chi connectivity index (χ1n) is 10.6. The highest BCUT2D eigenvalue weighted by Gasteiger charge is 2.25. The molecule has 33 heavy (non-hydrogen) atoms. The summed E-state index contributed by atoms with van der Waals surface area (Å²) in [6, 6.07) is 10.7. The predicted molar refractivity (Wildman–Crippen MR) is 127 cm³/mol. The van der Waals surface area contributed by atoms with E-state index in [9.17, 15) is 18.0 Å². The van der Waals surface area contributed by atoms with Crippen molar-refractivity contribution >= 4 is 33.4 Å². The molecule has 0 aliphatic heterocycles. The molecule has 2 aromatic carbocycles. The predicted octanol–water partition coefficient (Wildman–Crippen LogP) is 2.64. The van der Waals surface area contributed by atoms with Gasteiger partial charge in [-0.25, -0.2) is 8.42 Å². The Morgan fingerprint density at radius 2 is 1.79 bits per heavy atom. The molecule has 6 N–H and O–H groups in total. The van der Waals surface area contributed by atoms with Crippen LogP contribution in [0.25, 0.3) is 0 Å². The highest BCUT2D eigenvalue weighted by Crippen LogP contribution is 2.25. The highest BCUT2D eigenvalue weighted by atomic mass is 32.2. The third-order valence-corrected chi connectivity index (χ3v) is 6.76. The van der Waals surface area contributed by atoms with E-state index in [0.717, 1.165) is 18.4 Å². The Balaban J connectivity index is 1.98. The van der Waals surface area contributed by atoms with Gasteiger partial charge in [-0.15, -0.1) is 0 Å². The summed E-state index contributed by atoms with van der Waals surface area (Å²) >= 11 is 0. The summed E-state index contributed by atoms with van der Waals surface area (Å²) in [6.07, 6.45) is 2.84. The first-order valence-corrected chi connectivity index (χ1v) is 12.1. The number of amidine groups is 1. The summed E-state index contributed by atoms with van der Waals surface area (Å²) in [5.41, 5.74) is 8.02. The molecule has 0 bridgehead atoms. The lowest BCUT2D eigenvalue weighted by Crippen LogP contribution is -2.38. The van der Waals surface area contributed by atoms with Crippen molar-refractivity contribution in [1.82, 2.24) is 4.72 Å². The molecule has 10 heteroatoms. The topological polar surface area (TPSA) is 162 Å². The third-order valence-electron chi connectivity index (χ3n) is 5.14. The number of carbonyl (C=O) groups is 2. The number of carbonyl (C=O) groups excluding carboxylic acids is 1. The van der Waals surface area contributed by atoms with Crippen molar-refractivity contribution in [2.24, 2.45) is 5.73 Å². The smallest absolute Gasteiger partial charge is 0.321 e. The van der Waals surface area contributed by atoms with E-state index in [1.54, 1.807) is 25.1 Å². The molecule has 0 saturated carbocycles. The van der Waals surface area contributed by atoms with Crippen LogP contribution in [0.2, 0.25) is 0 Å². The standard InChI is InChI=1S/C23H30N4O5S/c1-3-18-19(8-6-9-20(18)33(31,32)27-15(2)23(29)30)26-21(28)10-5-4-7-16-11-13-17(14-12-16)22(24)25/h6,8-9,11-15,27H,3-5,7,10H2,1-2H3,(H3,24,25)(H,26,28)(H,29,30)/t15-/m0/s1. The van der Waals surface area contributed by atoms with Crippen LogP contribution in [0.4, 0.5) is 5.69 Å². The number of carboxylic acid groups (broad SMARTS) is 1. The molecular weight excluding hydrogens is 444 g/mol. The van der Waals surface area contributed by atoms with Crippen LogP contribution in [0.5, 0.6) is 0 Å². The summed E-state index contributed by atoms with van der Waals surface area (Å²) in [5, 5.41) is 19.2. The number of anilines is 1. The van der Waals surface area contributed by atoms with Gasteiger partial charge in [0.1, 0.15) is 11.9 Å². The van der Waals surface area contributed by atoms with Crippen LogP contribution < -0.4 is 15.8 Å². The lowest BCUT2D eigenvalue weighted by molar-refractivity contribution is -0.138. The quantitative estimate of drug-likeness (QED) is 0.180. The summed E-state index contributed by atoms with van der Waals surface area (Å²) in [4.78, 5) is 23.4. The maximum absolute atomic E-state index is 12.7. The van der Waals surface area contributed by atoms with Crippen molar-refractivity contribution in [3.63, 3.8) is 0 Å². The number of carboxylic acids is 1. The van der Waals surface area contributed by atoms with Gasteiger partial charge in [-0.2, -0.15) is 4.72 Å². The molecule has 0 heterocycles. The first kappa shape index (κ1) is 26.0. The van der Waals surface area contributed by atoms with Gasteiger partial charge in [-0.1, -0.05) is 37.3 Å². The molecule has 9 nitrogen and oxygen atoms in total. The van der Waals surface area contributed by atoms with Gasteiger partial charge in [0, 0.05) is 17.7 Å². The molecule has 2 aromatic rings. The Kier molecular flexibility index (Phi) is 9.12. The zero-order valence-corrected chi connectivity index (χ0v) is 19.5. The number of nitrogens with one attached hydrogen (secondary N) is 3. The maximum atomic E-state index is 12.7. The van der Waals surface area contributed by atoms with E-state index in [4.69, 9.17) is 16.2 Å². The van der Waals surface area contributed by atoms with E-state index >= 15 is 0 Å². The molecule has 0 aliphatic carbocycles. The van der Waals surface area contributed by atoms with Gasteiger partial charge >= 0.3 is 5.97 Å². The number of aryl methyl sites for hydroxylation is 1. The minimum atomic E-state index is -4.07. The molecule has 0 aliphatic rings. The maximum Gasteiger partial charge on any atom is 0.321 e. The van der Waals surface area contributed by atoms with Crippen LogP contribution in [0.3, 0.4) is 0 Å². The van der Waals surface area contributed by atoms with Crippen molar-refractivity contribution < 1.29 is 23.1 Å². The fourth-order valence-electron chi connectivity index (χ4n) is 3.32. The van der Waals surface area contributed by atoms with E-state index in [1.165, 1.54) is 19.1 Å². The summed E-state index contributed by atoms with van der Waals surface area (Å²) in [6.45, 7) is 3.01. The number of sulfonamides is 1. The average Bonchev–Trinajstić information content (AvgIpc) is 2.76. The zero-order chi connectivity index (χ0) is 24.6. The summed E-state index contributed by atoms with van der Waals surface area (Å²) in [7, 11) is -4.07. The van der Waals surface area contributed by atoms with Crippen LogP contribution in [0.15, 0.2) is 47.4 Å². The van der Waals surface area contributed by atoms with Crippen LogP contribution in [-0.2, 0) is 32.5 Å². The Morgan fingerprint density at radius 1 is 1.12 bits per heavy atom. The number of nitrogens with two attached hydrogens (primary N) is 1. The number of nitrogen functional groups attached to an aromatic ring is 1. The van der Waals surface area contributed by atoms with Crippen LogP contribution in [0, 0.1) is 5.41 Å². The zero-order valence-electron chi connectivity index (χ0n) is 18.7. The van der Waals surface area contributed by atoms with Crippen molar-refractivity contribution in [2.45, 2.75) is 56.9 Å². The summed E-state index contributed by atoms with van der Waals surface area (Å²) in [5.74, 6) is -1.48. The highest BCUT2D eigenvalue weighted by molar-refractivity contribution is 7.89. The molecule has 1 amide bonds. The number of unbranched alkanes of at least 4 members (excludes halogenated alkanes) is 1. The molecule has 2 rings (SSSR count). The SMILES string of the molecule is CCc1c(NC(=O)CCCCc2ccc(C(=N)N)cc2)cccc1S(=O)(=O)N[C@@H](C)C(=O)O. The minimum Gasteiger partial charge on any atom is -0.480 e. The Labute approximate surface area is 194 Å². The van der Waals surface area contributed by atoms with Crippen molar-refractivity contribution in [2.75, 3.05) is 5.32 Å². The largest absolute Gasteiger partial charge is 0.480 e. The molecule has 0 unspecified atom stereocenters. The van der Waals surface area contributed by atoms with E-state index in [0.29, 0.717) is 29.7 Å². The van der Waals surface area contributed by atoms with Crippen LogP contribution in [0.1, 0.15) is 49.8 Å². The molecule has 178 valence electrons. The van der Waals surface area contributed by atoms with Crippen molar-refractivity contribution in [3.05, 3.63) is 59.2 Å². The molecule has 0 radical (unpaired) electrons. The second kappa shape index (κ2) is 11.6. The molecule has 1 atom stereocenters. The average molecular weight is 475 g/mol. The second-order valence-electron chi connectivity index (χ2n) is 7.68. The molecule has 0 aromatic heterocycles. The molecule has 0 fully saturated rings. The second-order valence-corrected chi connectivity index (χ2v) is 9.37. The number of hydrogen-bond donors (Lipinski definition) is 5. The fraction of sp³-hybridized carbons (Fsp3) is 0.348. The van der Waals surface area contributed by atoms with Gasteiger partial charge in [0.15, 0.2) is 0 Å². The molecule has 0 saturated heterocycles. The lowest BCUT2D eigenvalue weighted by Gasteiger charge is -2.16. The number of benzene rings is 2. The molecule has 0 spiro atoms. The monoisotopic (exact) mass is 474 g/mol. The Morgan fingerprint density at radius 3 is 2.36 bits per heavy atom. The number of hydrogen-bond acceptors (Lipinski definition) is 5. The lowest BCUT2D eigenvalue weighted by atomic mass is 10.0. The first-order chi connectivity index (χ1) is 15.5. The van der Waals surface area contributed by atoms with Gasteiger partial charge in [-0.05, 0) is 55.9 Å². The van der Waals surface area contributed by atoms with E-state index in [-0.39, 0.29) is 23.1 Å². The van der Waals surface area contributed by atoms with Gasteiger partial charge < -0.3 is 16.2 Å². The third kappa shape index (κ3) is 7.40. The summed E-state index contributed by atoms with van der Waals surface area (Å²) < 4.78 is 27.5. The van der Waals surface area contributed by atoms with Crippen LogP contribution >= 0.6 is 0 Å². The van der Waals surface area contributed by atoms with E-state index in [1.807, 2.05) is 12.1 Å².